The summed E-state index contributed by atoms with van der Waals surface area (Å²) in [6.07, 6.45) is 7.82. The molecule has 1 aromatic rings. The summed E-state index contributed by atoms with van der Waals surface area (Å²) in [5, 5.41) is 14.0. The van der Waals surface area contributed by atoms with Crippen molar-refractivity contribution in [3.8, 4) is 0 Å². The molecule has 0 radical (unpaired) electrons. The van der Waals surface area contributed by atoms with Gasteiger partial charge in [0.2, 0.25) is 5.89 Å². The molecule has 1 fully saturated rings. The number of aliphatic hydroxyl groups is 1. The van der Waals surface area contributed by atoms with Gasteiger partial charge in [-0.05, 0) is 26.2 Å². The Morgan fingerprint density at radius 2 is 2.17 bits per heavy atom. The molecule has 18 heavy (non-hydrogen) atoms. The van der Waals surface area contributed by atoms with Crippen LogP contribution in [-0.2, 0) is 12.2 Å². The predicted molar refractivity (Wildman–Crippen MR) is 72.5 cm³/mol. The first-order chi connectivity index (χ1) is 8.74. The van der Waals surface area contributed by atoms with E-state index in [4.69, 9.17) is 4.52 Å². The molecule has 4 nitrogen and oxygen atoms in total. The van der Waals surface area contributed by atoms with Gasteiger partial charge in [0.05, 0.1) is 11.9 Å². The lowest BCUT2D eigenvalue weighted by Gasteiger charge is -2.19. The van der Waals surface area contributed by atoms with E-state index in [1.165, 1.54) is 32.1 Å². The molecule has 0 bridgehead atoms. The minimum atomic E-state index is -0.308. The summed E-state index contributed by atoms with van der Waals surface area (Å²) in [4.78, 5) is 4.36. The number of thioether (sulfide) groups is 1. The van der Waals surface area contributed by atoms with Crippen LogP contribution < -0.4 is 0 Å². The van der Waals surface area contributed by atoms with Crippen LogP contribution in [0.15, 0.2) is 4.52 Å². The lowest BCUT2D eigenvalue weighted by Crippen LogP contribution is -2.08. The lowest BCUT2D eigenvalue weighted by molar-refractivity contribution is 0.180. The van der Waals surface area contributed by atoms with Gasteiger partial charge in [-0.25, -0.2) is 0 Å². The molecule has 1 N–H and O–H groups in total. The van der Waals surface area contributed by atoms with Gasteiger partial charge in [-0.2, -0.15) is 16.7 Å². The molecule has 0 aliphatic heterocycles. The van der Waals surface area contributed by atoms with Gasteiger partial charge in [-0.15, -0.1) is 0 Å². The fourth-order valence-corrected chi connectivity index (χ4v) is 3.38. The third-order valence-electron chi connectivity index (χ3n) is 3.29. The molecule has 0 saturated heterocycles. The molecule has 1 aliphatic rings. The van der Waals surface area contributed by atoms with Crippen LogP contribution in [0.3, 0.4) is 0 Å². The molecule has 1 heterocycles. The quantitative estimate of drug-likeness (QED) is 0.861. The van der Waals surface area contributed by atoms with E-state index in [0.29, 0.717) is 18.7 Å². The second kappa shape index (κ2) is 7.14. The van der Waals surface area contributed by atoms with Crippen LogP contribution in [0.1, 0.15) is 57.2 Å². The molecule has 1 unspecified atom stereocenters. The standard InChI is InChI=1S/C13H22N2O2S/c1-10(16)7-8-13-14-12(15-17-13)9-18-11-5-3-2-4-6-11/h10-11,16H,2-9H2,1H3. The maximum atomic E-state index is 9.20. The molecule has 1 saturated carbocycles. The minimum Gasteiger partial charge on any atom is -0.393 e. The maximum Gasteiger partial charge on any atom is 0.226 e. The molecule has 0 aromatic carbocycles. The fourth-order valence-electron chi connectivity index (χ4n) is 2.21. The highest BCUT2D eigenvalue weighted by atomic mass is 32.2. The van der Waals surface area contributed by atoms with Crippen LogP contribution in [0.4, 0.5) is 0 Å². The number of nitrogens with zero attached hydrogens (tertiary/aromatic N) is 2. The van der Waals surface area contributed by atoms with E-state index in [0.717, 1.165) is 16.8 Å². The zero-order chi connectivity index (χ0) is 12.8. The summed E-state index contributed by atoms with van der Waals surface area (Å²) in [5.41, 5.74) is 0. The number of hydrogen-bond acceptors (Lipinski definition) is 5. The van der Waals surface area contributed by atoms with Gasteiger partial charge >= 0.3 is 0 Å². The molecule has 0 amide bonds. The van der Waals surface area contributed by atoms with E-state index >= 15 is 0 Å². The highest BCUT2D eigenvalue weighted by Crippen LogP contribution is 2.29. The number of hydrogen-bond donors (Lipinski definition) is 1. The van der Waals surface area contributed by atoms with Crippen LogP contribution >= 0.6 is 11.8 Å². The van der Waals surface area contributed by atoms with E-state index in [9.17, 15) is 5.11 Å². The van der Waals surface area contributed by atoms with Crippen molar-refractivity contribution in [2.45, 2.75) is 69.0 Å². The summed E-state index contributed by atoms with van der Waals surface area (Å²) in [6.45, 7) is 1.77. The van der Waals surface area contributed by atoms with Crippen LogP contribution in [-0.4, -0.2) is 26.6 Å². The molecule has 1 aliphatic carbocycles. The Bertz CT molecular complexity index is 349. The van der Waals surface area contributed by atoms with Gasteiger partial charge in [0.25, 0.3) is 0 Å². The summed E-state index contributed by atoms with van der Waals surface area (Å²) in [6, 6.07) is 0. The van der Waals surface area contributed by atoms with Crippen molar-refractivity contribution < 1.29 is 9.63 Å². The lowest BCUT2D eigenvalue weighted by atomic mass is 10.0. The third kappa shape index (κ3) is 4.61. The second-order valence-corrected chi connectivity index (χ2v) is 6.35. The SMILES string of the molecule is CC(O)CCc1nc(CSC2CCCCC2)no1. The monoisotopic (exact) mass is 270 g/mol. The first kappa shape index (κ1) is 13.9. The highest BCUT2D eigenvalue weighted by molar-refractivity contribution is 7.99. The summed E-state index contributed by atoms with van der Waals surface area (Å²) < 4.78 is 5.17. The average molecular weight is 270 g/mol. The minimum absolute atomic E-state index is 0.308. The smallest absolute Gasteiger partial charge is 0.226 e. The molecule has 1 atom stereocenters. The van der Waals surface area contributed by atoms with Crippen LogP contribution in [0.2, 0.25) is 0 Å². The number of aliphatic hydroxyl groups excluding tert-OH is 1. The van der Waals surface area contributed by atoms with E-state index in [1.54, 1.807) is 6.92 Å². The normalized spacial score (nSPS) is 19.0. The van der Waals surface area contributed by atoms with Gasteiger partial charge < -0.3 is 9.63 Å². The third-order valence-corrected chi connectivity index (χ3v) is 4.65. The Morgan fingerprint density at radius 3 is 2.89 bits per heavy atom. The molecular formula is C13H22N2O2S. The number of aryl methyl sites for hydroxylation is 1. The van der Waals surface area contributed by atoms with Gasteiger partial charge in [-0.1, -0.05) is 24.4 Å². The van der Waals surface area contributed by atoms with Crippen LogP contribution in [0.25, 0.3) is 0 Å². The van der Waals surface area contributed by atoms with Crippen molar-refractivity contribution in [1.82, 2.24) is 10.1 Å². The topological polar surface area (TPSA) is 59.2 Å². The first-order valence-corrected chi connectivity index (χ1v) is 7.90. The molecular weight excluding hydrogens is 248 g/mol. The maximum absolute atomic E-state index is 9.20. The number of rotatable bonds is 6. The Labute approximate surface area is 113 Å². The van der Waals surface area contributed by atoms with Crippen LogP contribution in [0, 0.1) is 0 Å². The van der Waals surface area contributed by atoms with E-state index in [-0.39, 0.29) is 6.10 Å². The average Bonchev–Trinajstić information content (AvgIpc) is 2.83. The number of aromatic nitrogens is 2. The van der Waals surface area contributed by atoms with Gasteiger partial charge in [-0.3, -0.25) is 0 Å². The van der Waals surface area contributed by atoms with E-state index in [2.05, 4.69) is 10.1 Å². The Kier molecular flexibility index (Phi) is 5.50. The van der Waals surface area contributed by atoms with Crippen molar-refractivity contribution in [1.29, 1.82) is 0 Å². The molecule has 0 spiro atoms. The first-order valence-electron chi connectivity index (χ1n) is 6.85. The van der Waals surface area contributed by atoms with Crippen molar-refractivity contribution in [2.75, 3.05) is 0 Å². The summed E-state index contributed by atoms with van der Waals surface area (Å²) >= 11 is 1.95. The van der Waals surface area contributed by atoms with Gasteiger partial charge in [0, 0.05) is 11.7 Å². The van der Waals surface area contributed by atoms with E-state index < -0.39 is 0 Å². The van der Waals surface area contributed by atoms with Crippen molar-refractivity contribution >= 4 is 11.8 Å². The van der Waals surface area contributed by atoms with Crippen LogP contribution in [0.5, 0.6) is 0 Å². The van der Waals surface area contributed by atoms with Crippen molar-refractivity contribution in [2.24, 2.45) is 0 Å². The zero-order valence-electron chi connectivity index (χ0n) is 11.0. The Balaban J connectivity index is 1.72. The molecule has 102 valence electrons. The van der Waals surface area contributed by atoms with Gasteiger partial charge in [0.15, 0.2) is 5.82 Å². The molecule has 5 heteroatoms. The molecule has 2 rings (SSSR count). The Morgan fingerprint density at radius 1 is 1.39 bits per heavy atom. The summed E-state index contributed by atoms with van der Waals surface area (Å²) in [7, 11) is 0. The fraction of sp³-hybridized carbons (Fsp3) is 0.846. The Hall–Kier alpha value is -0.550. The van der Waals surface area contributed by atoms with Crippen molar-refractivity contribution in [3.05, 3.63) is 11.7 Å². The largest absolute Gasteiger partial charge is 0.393 e. The highest BCUT2D eigenvalue weighted by Gasteiger charge is 2.15. The zero-order valence-corrected chi connectivity index (χ0v) is 11.8. The molecule has 1 aromatic heterocycles. The van der Waals surface area contributed by atoms with Crippen molar-refractivity contribution in [3.63, 3.8) is 0 Å². The van der Waals surface area contributed by atoms with E-state index in [1.807, 2.05) is 11.8 Å². The summed E-state index contributed by atoms with van der Waals surface area (Å²) in [5.74, 6) is 2.30. The van der Waals surface area contributed by atoms with Gasteiger partial charge in [0.1, 0.15) is 0 Å². The predicted octanol–water partition coefficient (Wildman–Crippen LogP) is 2.95. The second-order valence-electron chi connectivity index (χ2n) is 5.06.